The number of anilines is 1. The summed E-state index contributed by atoms with van der Waals surface area (Å²) in [5.41, 5.74) is 6.46. The standard InChI is InChI=1S/C12H18N2O.ClH/c1-14-7-5-11(6-8-14)15-12-4-2-3-10(13)9-12;/h2-4,9,11H,5-8,13H2,1H3;1H. The highest BCUT2D eigenvalue weighted by molar-refractivity contribution is 5.85. The van der Waals surface area contributed by atoms with Crippen LogP contribution in [-0.4, -0.2) is 31.1 Å². The van der Waals surface area contributed by atoms with E-state index in [0.717, 1.165) is 37.4 Å². The van der Waals surface area contributed by atoms with Crippen molar-refractivity contribution in [1.82, 2.24) is 4.90 Å². The van der Waals surface area contributed by atoms with Crippen LogP contribution < -0.4 is 10.5 Å². The number of likely N-dealkylation sites (tertiary alicyclic amines) is 1. The van der Waals surface area contributed by atoms with Crippen LogP contribution in [0.25, 0.3) is 0 Å². The number of hydrogen-bond donors (Lipinski definition) is 1. The van der Waals surface area contributed by atoms with Crippen LogP contribution in [0.4, 0.5) is 5.69 Å². The fourth-order valence-corrected chi connectivity index (χ4v) is 1.88. The molecule has 2 rings (SSSR count). The summed E-state index contributed by atoms with van der Waals surface area (Å²) < 4.78 is 5.88. The maximum atomic E-state index is 5.88. The molecule has 3 nitrogen and oxygen atoms in total. The minimum absolute atomic E-state index is 0. The summed E-state index contributed by atoms with van der Waals surface area (Å²) in [6.07, 6.45) is 2.55. The van der Waals surface area contributed by atoms with Crippen molar-refractivity contribution in [2.24, 2.45) is 0 Å². The largest absolute Gasteiger partial charge is 0.490 e. The Hall–Kier alpha value is -0.930. The quantitative estimate of drug-likeness (QED) is 0.808. The first-order valence-electron chi connectivity index (χ1n) is 5.45. The molecule has 1 fully saturated rings. The minimum atomic E-state index is 0. The predicted octanol–water partition coefficient (Wildman–Crippen LogP) is 2.16. The molecule has 1 aliphatic rings. The van der Waals surface area contributed by atoms with Crippen LogP contribution in [0.5, 0.6) is 5.75 Å². The number of ether oxygens (including phenoxy) is 1. The van der Waals surface area contributed by atoms with E-state index in [1.54, 1.807) is 0 Å². The summed E-state index contributed by atoms with van der Waals surface area (Å²) in [6, 6.07) is 7.66. The van der Waals surface area contributed by atoms with Crippen molar-refractivity contribution in [1.29, 1.82) is 0 Å². The zero-order chi connectivity index (χ0) is 10.7. The molecule has 0 saturated carbocycles. The molecule has 16 heavy (non-hydrogen) atoms. The van der Waals surface area contributed by atoms with E-state index in [2.05, 4.69) is 11.9 Å². The van der Waals surface area contributed by atoms with E-state index in [9.17, 15) is 0 Å². The van der Waals surface area contributed by atoms with Crippen molar-refractivity contribution in [3.63, 3.8) is 0 Å². The number of hydrogen-bond acceptors (Lipinski definition) is 3. The van der Waals surface area contributed by atoms with Gasteiger partial charge in [-0.1, -0.05) is 6.07 Å². The van der Waals surface area contributed by atoms with Gasteiger partial charge < -0.3 is 15.4 Å². The van der Waals surface area contributed by atoms with Gasteiger partial charge in [0, 0.05) is 24.8 Å². The lowest BCUT2D eigenvalue weighted by atomic mass is 10.1. The number of halogens is 1. The number of nitrogen functional groups attached to an aromatic ring is 1. The fourth-order valence-electron chi connectivity index (χ4n) is 1.88. The number of benzene rings is 1. The van der Waals surface area contributed by atoms with E-state index in [-0.39, 0.29) is 12.4 Å². The molecule has 0 aliphatic carbocycles. The molecule has 0 aromatic heterocycles. The Morgan fingerprint density at radius 2 is 2.00 bits per heavy atom. The highest BCUT2D eigenvalue weighted by atomic mass is 35.5. The Morgan fingerprint density at radius 1 is 1.31 bits per heavy atom. The van der Waals surface area contributed by atoms with Crippen molar-refractivity contribution in [3.8, 4) is 5.75 Å². The van der Waals surface area contributed by atoms with Crippen molar-refractivity contribution in [2.45, 2.75) is 18.9 Å². The molecule has 1 heterocycles. The lowest BCUT2D eigenvalue weighted by Crippen LogP contribution is -2.35. The highest BCUT2D eigenvalue weighted by Gasteiger charge is 2.17. The van der Waals surface area contributed by atoms with Gasteiger partial charge in [-0.3, -0.25) is 0 Å². The Bertz CT molecular complexity index is 325. The van der Waals surface area contributed by atoms with Crippen LogP contribution in [0.2, 0.25) is 0 Å². The molecule has 0 radical (unpaired) electrons. The Balaban J connectivity index is 0.00000128. The molecular formula is C12H19ClN2O. The average Bonchev–Trinajstić information content (AvgIpc) is 2.22. The number of nitrogens with zero attached hydrogens (tertiary/aromatic N) is 1. The van der Waals surface area contributed by atoms with Gasteiger partial charge in [0.25, 0.3) is 0 Å². The summed E-state index contributed by atoms with van der Waals surface area (Å²) in [4.78, 5) is 2.33. The molecule has 1 saturated heterocycles. The van der Waals surface area contributed by atoms with Crippen molar-refractivity contribution < 1.29 is 4.74 Å². The van der Waals surface area contributed by atoms with Crippen LogP contribution >= 0.6 is 12.4 Å². The van der Waals surface area contributed by atoms with E-state index in [1.165, 1.54) is 0 Å². The summed E-state index contributed by atoms with van der Waals surface area (Å²) in [6.45, 7) is 2.24. The lowest BCUT2D eigenvalue weighted by Gasteiger charge is -2.29. The van der Waals surface area contributed by atoms with E-state index in [0.29, 0.717) is 6.10 Å². The van der Waals surface area contributed by atoms with E-state index >= 15 is 0 Å². The molecule has 0 bridgehead atoms. The second-order valence-corrected chi connectivity index (χ2v) is 4.19. The summed E-state index contributed by atoms with van der Waals surface area (Å²) in [5.74, 6) is 0.893. The normalized spacial score (nSPS) is 17.8. The summed E-state index contributed by atoms with van der Waals surface area (Å²) in [5, 5.41) is 0. The number of rotatable bonds is 2. The van der Waals surface area contributed by atoms with Crippen LogP contribution in [0.15, 0.2) is 24.3 Å². The average molecular weight is 243 g/mol. The van der Waals surface area contributed by atoms with Crippen molar-refractivity contribution in [3.05, 3.63) is 24.3 Å². The molecular weight excluding hydrogens is 224 g/mol. The zero-order valence-electron chi connectivity index (χ0n) is 9.56. The predicted molar refractivity (Wildman–Crippen MR) is 69.2 cm³/mol. The van der Waals surface area contributed by atoms with Crippen molar-refractivity contribution >= 4 is 18.1 Å². The Labute approximate surface area is 103 Å². The number of piperidine rings is 1. The van der Waals surface area contributed by atoms with Crippen LogP contribution in [0.3, 0.4) is 0 Å². The third kappa shape index (κ3) is 3.58. The van der Waals surface area contributed by atoms with E-state index in [4.69, 9.17) is 10.5 Å². The van der Waals surface area contributed by atoms with Gasteiger partial charge in [0.15, 0.2) is 0 Å². The maximum Gasteiger partial charge on any atom is 0.121 e. The number of nitrogens with two attached hydrogens (primary N) is 1. The van der Waals surface area contributed by atoms with Gasteiger partial charge in [0.1, 0.15) is 11.9 Å². The molecule has 0 atom stereocenters. The van der Waals surface area contributed by atoms with E-state index < -0.39 is 0 Å². The van der Waals surface area contributed by atoms with Crippen molar-refractivity contribution in [2.75, 3.05) is 25.9 Å². The smallest absolute Gasteiger partial charge is 0.121 e. The van der Waals surface area contributed by atoms with Gasteiger partial charge in [-0.15, -0.1) is 12.4 Å². The Morgan fingerprint density at radius 3 is 2.62 bits per heavy atom. The summed E-state index contributed by atoms with van der Waals surface area (Å²) in [7, 11) is 2.15. The SMILES string of the molecule is CN1CCC(Oc2cccc(N)c2)CC1.Cl. The summed E-state index contributed by atoms with van der Waals surface area (Å²) >= 11 is 0. The second kappa shape index (κ2) is 5.97. The second-order valence-electron chi connectivity index (χ2n) is 4.19. The first kappa shape index (κ1) is 13.1. The molecule has 0 unspecified atom stereocenters. The van der Waals surface area contributed by atoms with Crippen LogP contribution in [0, 0.1) is 0 Å². The molecule has 1 aromatic carbocycles. The molecule has 1 aliphatic heterocycles. The van der Waals surface area contributed by atoms with Crippen LogP contribution in [-0.2, 0) is 0 Å². The Kier molecular flexibility index (Phi) is 4.90. The van der Waals surface area contributed by atoms with E-state index in [1.807, 2.05) is 24.3 Å². The maximum absolute atomic E-state index is 5.88. The molecule has 2 N–H and O–H groups in total. The first-order chi connectivity index (χ1) is 7.24. The molecule has 90 valence electrons. The first-order valence-corrected chi connectivity index (χ1v) is 5.45. The molecule has 0 amide bonds. The van der Waals surface area contributed by atoms with Gasteiger partial charge in [0.05, 0.1) is 0 Å². The highest BCUT2D eigenvalue weighted by Crippen LogP contribution is 2.20. The topological polar surface area (TPSA) is 38.5 Å². The lowest BCUT2D eigenvalue weighted by molar-refractivity contribution is 0.114. The molecule has 4 heteroatoms. The molecule has 0 spiro atoms. The third-order valence-corrected chi connectivity index (χ3v) is 2.83. The van der Waals surface area contributed by atoms with Gasteiger partial charge >= 0.3 is 0 Å². The van der Waals surface area contributed by atoms with Gasteiger partial charge in [-0.25, -0.2) is 0 Å². The van der Waals surface area contributed by atoms with Gasteiger partial charge in [0.2, 0.25) is 0 Å². The van der Waals surface area contributed by atoms with Gasteiger partial charge in [-0.2, -0.15) is 0 Å². The third-order valence-electron chi connectivity index (χ3n) is 2.83. The monoisotopic (exact) mass is 242 g/mol. The molecule has 1 aromatic rings. The van der Waals surface area contributed by atoms with Crippen LogP contribution in [0.1, 0.15) is 12.8 Å². The fraction of sp³-hybridized carbons (Fsp3) is 0.500. The minimum Gasteiger partial charge on any atom is -0.490 e. The van der Waals surface area contributed by atoms with Gasteiger partial charge in [-0.05, 0) is 32.0 Å². The zero-order valence-corrected chi connectivity index (χ0v) is 10.4.